The molecule has 0 saturated carbocycles. The second kappa shape index (κ2) is 7.87. The van der Waals surface area contributed by atoms with Crippen LogP contribution in [0, 0.1) is 0 Å². The summed E-state index contributed by atoms with van der Waals surface area (Å²) in [5, 5.41) is 1.28. The zero-order valence-corrected chi connectivity index (χ0v) is 16.7. The van der Waals surface area contributed by atoms with Crippen molar-refractivity contribution in [3.8, 4) is 0 Å². The Bertz CT molecular complexity index is 891. The van der Waals surface area contributed by atoms with Gasteiger partial charge in [-0.1, -0.05) is 67.4 Å². The first-order valence-corrected chi connectivity index (χ1v) is 9.78. The number of halogens is 2. The van der Waals surface area contributed by atoms with Crippen molar-refractivity contribution in [1.82, 2.24) is 4.90 Å². The minimum absolute atomic E-state index is 0.149. The Kier molecular flexibility index (Phi) is 5.76. The predicted octanol–water partition coefficient (Wildman–Crippen LogP) is 5.42. The molecule has 1 aliphatic rings. The van der Waals surface area contributed by atoms with Gasteiger partial charge >= 0.3 is 0 Å². The van der Waals surface area contributed by atoms with Crippen LogP contribution >= 0.6 is 35.0 Å². The largest absolute Gasteiger partial charge is 0.269 e. The van der Waals surface area contributed by atoms with Crippen LogP contribution in [0.1, 0.15) is 25.0 Å². The molecule has 134 valence electrons. The van der Waals surface area contributed by atoms with Crippen molar-refractivity contribution in [1.29, 1.82) is 0 Å². The molecule has 1 heterocycles. The molecule has 1 aliphatic heterocycles. The van der Waals surface area contributed by atoms with Gasteiger partial charge in [-0.3, -0.25) is 14.5 Å². The van der Waals surface area contributed by atoms with Gasteiger partial charge in [-0.25, -0.2) is 0 Å². The monoisotopic (exact) mass is 405 g/mol. The van der Waals surface area contributed by atoms with Crippen molar-refractivity contribution in [2.45, 2.75) is 25.6 Å². The normalized spacial score (nSPS) is 14.7. The number of carbonyl (C=O) groups excluding carboxylic acids is 2. The van der Waals surface area contributed by atoms with Gasteiger partial charge in [0.15, 0.2) is 0 Å². The Morgan fingerprint density at radius 1 is 0.962 bits per heavy atom. The summed E-state index contributed by atoms with van der Waals surface area (Å²) < 4.78 is 0. The van der Waals surface area contributed by atoms with E-state index in [1.54, 1.807) is 30.3 Å². The molecule has 0 saturated heterocycles. The van der Waals surface area contributed by atoms with Crippen molar-refractivity contribution >= 4 is 52.4 Å². The number of thioether (sulfide) groups is 1. The fraction of sp³-hybridized carbons (Fsp3) is 0.200. The first-order chi connectivity index (χ1) is 12.4. The molecular formula is C20H17Cl2NO2S. The van der Waals surface area contributed by atoms with Gasteiger partial charge in [-0.2, -0.15) is 0 Å². The SMILES string of the molecule is CC(C)SC1=C(c2ccc(Cl)cc2)C(=O)N(Cc2ccccc2Cl)C1=O. The molecule has 0 fully saturated rings. The molecule has 0 aliphatic carbocycles. The van der Waals surface area contributed by atoms with Crippen molar-refractivity contribution in [2.75, 3.05) is 0 Å². The quantitative estimate of drug-likeness (QED) is 0.623. The maximum Gasteiger partial charge on any atom is 0.268 e. The zero-order valence-electron chi connectivity index (χ0n) is 14.3. The zero-order chi connectivity index (χ0) is 18.8. The number of nitrogens with zero attached hydrogens (tertiary/aromatic N) is 1. The third-order valence-electron chi connectivity index (χ3n) is 3.90. The Morgan fingerprint density at radius 2 is 1.62 bits per heavy atom. The molecule has 2 aromatic rings. The van der Waals surface area contributed by atoms with Crippen LogP contribution < -0.4 is 0 Å². The van der Waals surface area contributed by atoms with Crippen molar-refractivity contribution in [3.63, 3.8) is 0 Å². The van der Waals surface area contributed by atoms with E-state index in [2.05, 4.69) is 0 Å². The van der Waals surface area contributed by atoms with Crippen LogP contribution in [0.2, 0.25) is 10.0 Å². The Hall–Kier alpha value is -1.75. The van der Waals surface area contributed by atoms with Gasteiger partial charge in [0.25, 0.3) is 11.8 Å². The van der Waals surface area contributed by atoms with E-state index >= 15 is 0 Å². The molecule has 26 heavy (non-hydrogen) atoms. The van der Waals surface area contributed by atoms with Crippen molar-refractivity contribution in [3.05, 3.63) is 74.6 Å². The topological polar surface area (TPSA) is 37.4 Å². The van der Waals surface area contributed by atoms with Crippen LogP contribution in [-0.2, 0) is 16.1 Å². The molecule has 0 bridgehead atoms. The lowest BCUT2D eigenvalue weighted by Gasteiger charge is -2.16. The Morgan fingerprint density at radius 3 is 2.23 bits per heavy atom. The summed E-state index contributed by atoms with van der Waals surface area (Å²) in [6.07, 6.45) is 0. The first kappa shape index (κ1) is 19.0. The molecule has 3 rings (SSSR count). The summed E-state index contributed by atoms with van der Waals surface area (Å²) in [6.45, 7) is 4.13. The highest BCUT2D eigenvalue weighted by molar-refractivity contribution is 8.04. The highest BCUT2D eigenvalue weighted by Crippen LogP contribution is 2.39. The van der Waals surface area contributed by atoms with Crippen LogP contribution in [-0.4, -0.2) is 22.0 Å². The van der Waals surface area contributed by atoms with Gasteiger partial charge in [0, 0.05) is 15.3 Å². The summed E-state index contributed by atoms with van der Waals surface area (Å²) >= 11 is 13.6. The van der Waals surface area contributed by atoms with Crippen LogP contribution in [0.4, 0.5) is 0 Å². The molecule has 0 atom stereocenters. The summed E-state index contributed by atoms with van der Waals surface area (Å²) in [5.41, 5.74) is 1.86. The van der Waals surface area contributed by atoms with Gasteiger partial charge in [0.2, 0.25) is 0 Å². The summed E-state index contributed by atoms with van der Waals surface area (Å²) in [6, 6.07) is 14.2. The van der Waals surface area contributed by atoms with Crippen molar-refractivity contribution < 1.29 is 9.59 Å². The number of hydrogen-bond donors (Lipinski definition) is 0. The Labute approximate surface area is 167 Å². The van der Waals surface area contributed by atoms with Crippen LogP contribution in [0.3, 0.4) is 0 Å². The lowest BCUT2D eigenvalue weighted by molar-refractivity contribution is -0.137. The molecule has 6 heteroatoms. The fourth-order valence-electron chi connectivity index (χ4n) is 2.71. The fourth-order valence-corrected chi connectivity index (χ4v) is 4.04. The molecule has 0 aromatic heterocycles. The molecule has 0 N–H and O–H groups in total. The average molecular weight is 406 g/mol. The average Bonchev–Trinajstić information content (AvgIpc) is 2.82. The number of benzene rings is 2. The van der Waals surface area contributed by atoms with Crippen LogP contribution in [0.5, 0.6) is 0 Å². The molecule has 0 radical (unpaired) electrons. The molecule has 2 aromatic carbocycles. The van der Waals surface area contributed by atoms with Crippen LogP contribution in [0.15, 0.2) is 53.4 Å². The maximum absolute atomic E-state index is 13.1. The smallest absolute Gasteiger partial charge is 0.268 e. The van der Waals surface area contributed by atoms with Gasteiger partial charge in [-0.05, 0) is 29.3 Å². The van der Waals surface area contributed by atoms with E-state index in [1.807, 2.05) is 32.0 Å². The molecule has 3 nitrogen and oxygen atoms in total. The first-order valence-electron chi connectivity index (χ1n) is 8.15. The van der Waals surface area contributed by atoms with E-state index in [-0.39, 0.29) is 23.6 Å². The third-order valence-corrected chi connectivity index (χ3v) is 5.60. The predicted molar refractivity (Wildman–Crippen MR) is 108 cm³/mol. The minimum Gasteiger partial charge on any atom is -0.269 e. The Balaban J connectivity index is 2.00. The summed E-state index contributed by atoms with van der Waals surface area (Å²) in [4.78, 5) is 27.8. The second-order valence-electron chi connectivity index (χ2n) is 6.17. The standard InChI is InChI=1S/C20H17Cl2NO2S/c1-12(2)26-18-17(13-7-9-15(21)10-8-13)19(24)23(20(18)25)11-14-5-3-4-6-16(14)22/h3-10,12H,11H2,1-2H3. The van der Waals surface area contributed by atoms with E-state index in [9.17, 15) is 9.59 Å². The van der Waals surface area contributed by atoms with E-state index in [0.717, 1.165) is 5.56 Å². The number of amides is 2. The lowest BCUT2D eigenvalue weighted by Crippen LogP contribution is -2.31. The van der Waals surface area contributed by atoms with Gasteiger partial charge in [0.05, 0.1) is 17.0 Å². The van der Waals surface area contributed by atoms with Gasteiger partial charge < -0.3 is 0 Å². The molecule has 0 unspecified atom stereocenters. The third kappa shape index (κ3) is 3.83. The van der Waals surface area contributed by atoms with E-state index in [0.29, 0.717) is 26.1 Å². The maximum atomic E-state index is 13.1. The number of imide groups is 1. The number of rotatable bonds is 5. The van der Waals surface area contributed by atoms with E-state index < -0.39 is 0 Å². The van der Waals surface area contributed by atoms with Crippen molar-refractivity contribution in [2.24, 2.45) is 0 Å². The number of hydrogen-bond acceptors (Lipinski definition) is 3. The number of carbonyl (C=O) groups is 2. The highest BCUT2D eigenvalue weighted by atomic mass is 35.5. The second-order valence-corrected chi connectivity index (χ2v) is 8.60. The van der Waals surface area contributed by atoms with Crippen LogP contribution in [0.25, 0.3) is 5.57 Å². The van der Waals surface area contributed by atoms with Gasteiger partial charge in [0.1, 0.15) is 0 Å². The minimum atomic E-state index is -0.305. The van der Waals surface area contributed by atoms with E-state index in [4.69, 9.17) is 23.2 Å². The van der Waals surface area contributed by atoms with Gasteiger partial charge in [-0.15, -0.1) is 11.8 Å². The summed E-state index contributed by atoms with van der Waals surface area (Å²) in [5.74, 6) is -0.584. The molecular weight excluding hydrogens is 389 g/mol. The van der Waals surface area contributed by atoms with E-state index in [1.165, 1.54) is 16.7 Å². The lowest BCUT2D eigenvalue weighted by atomic mass is 10.1. The molecule has 2 amide bonds. The molecule has 0 spiro atoms. The summed E-state index contributed by atoms with van der Waals surface area (Å²) in [7, 11) is 0. The highest BCUT2D eigenvalue weighted by Gasteiger charge is 2.39.